The molecule has 0 aliphatic carbocycles. The summed E-state index contributed by atoms with van der Waals surface area (Å²) in [5.74, 6) is 6.33. The van der Waals surface area contributed by atoms with Crippen LogP contribution < -0.4 is 4.74 Å². The summed E-state index contributed by atoms with van der Waals surface area (Å²) in [6.45, 7) is 4.15. The van der Waals surface area contributed by atoms with Crippen molar-refractivity contribution >= 4 is 11.6 Å². The van der Waals surface area contributed by atoms with Crippen LogP contribution in [-0.2, 0) is 0 Å². The SMILES string of the molecule is CC#CCOc1ccc(C)c(Cl)c1. The first-order chi connectivity index (χ1) is 6.24. The average Bonchev–Trinajstić information content (AvgIpc) is 2.12. The number of benzene rings is 1. The zero-order valence-electron chi connectivity index (χ0n) is 7.73. The van der Waals surface area contributed by atoms with E-state index in [1.165, 1.54) is 0 Å². The van der Waals surface area contributed by atoms with Crippen molar-refractivity contribution in [3.8, 4) is 17.6 Å². The van der Waals surface area contributed by atoms with Gasteiger partial charge in [-0.2, -0.15) is 0 Å². The number of halogens is 1. The lowest BCUT2D eigenvalue weighted by atomic mass is 10.2. The average molecular weight is 195 g/mol. The lowest BCUT2D eigenvalue weighted by Gasteiger charge is -2.03. The molecule has 0 saturated heterocycles. The molecule has 0 bridgehead atoms. The maximum atomic E-state index is 5.91. The van der Waals surface area contributed by atoms with Gasteiger partial charge in [0.2, 0.25) is 0 Å². The summed E-state index contributed by atoms with van der Waals surface area (Å²) < 4.78 is 5.32. The van der Waals surface area contributed by atoms with Crippen molar-refractivity contribution in [2.24, 2.45) is 0 Å². The topological polar surface area (TPSA) is 9.23 Å². The third-order valence-electron chi connectivity index (χ3n) is 1.63. The van der Waals surface area contributed by atoms with E-state index in [2.05, 4.69) is 11.8 Å². The summed E-state index contributed by atoms with van der Waals surface area (Å²) in [6, 6.07) is 5.61. The van der Waals surface area contributed by atoms with E-state index >= 15 is 0 Å². The first kappa shape index (κ1) is 9.95. The molecular formula is C11H11ClO. The highest BCUT2D eigenvalue weighted by Crippen LogP contribution is 2.21. The predicted octanol–water partition coefficient (Wildman–Crippen LogP) is 3.05. The molecule has 0 saturated carbocycles. The van der Waals surface area contributed by atoms with Crippen LogP contribution in [-0.4, -0.2) is 6.61 Å². The first-order valence-electron chi connectivity index (χ1n) is 4.02. The van der Waals surface area contributed by atoms with Crippen LogP contribution in [0.1, 0.15) is 12.5 Å². The molecule has 1 aromatic carbocycles. The van der Waals surface area contributed by atoms with Crippen molar-refractivity contribution in [3.63, 3.8) is 0 Å². The molecule has 1 rings (SSSR count). The molecule has 68 valence electrons. The van der Waals surface area contributed by atoms with Gasteiger partial charge in [0.25, 0.3) is 0 Å². The molecule has 0 spiro atoms. The smallest absolute Gasteiger partial charge is 0.149 e. The number of ether oxygens (including phenoxy) is 1. The van der Waals surface area contributed by atoms with E-state index in [4.69, 9.17) is 16.3 Å². The predicted molar refractivity (Wildman–Crippen MR) is 55.1 cm³/mol. The van der Waals surface area contributed by atoms with Crippen LogP contribution in [0, 0.1) is 18.8 Å². The van der Waals surface area contributed by atoms with Crippen LogP contribution in [0.5, 0.6) is 5.75 Å². The molecular weight excluding hydrogens is 184 g/mol. The molecule has 13 heavy (non-hydrogen) atoms. The summed E-state index contributed by atoms with van der Waals surface area (Å²) >= 11 is 5.91. The van der Waals surface area contributed by atoms with E-state index in [-0.39, 0.29) is 0 Å². The molecule has 0 unspecified atom stereocenters. The molecule has 0 N–H and O–H groups in total. The molecule has 0 amide bonds. The Morgan fingerprint density at radius 1 is 1.46 bits per heavy atom. The molecule has 1 nitrogen and oxygen atoms in total. The van der Waals surface area contributed by atoms with Crippen LogP contribution in [0.2, 0.25) is 5.02 Å². The van der Waals surface area contributed by atoms with Gasteiger partial charge in [-0.1, -0.05) is 23.6 Å². The van der Waals surface area contributed by atoms with Gasteiger partial charge < -0.3 is 4.74 Å². The Morgan fingerprint density at radius 2 is 2.23 bits per heavy atom. The highest BCUT2D eigenvalue weighted by molar-refractivity contribution is 6.31. The summed E-state index contributed by atoms with van der Waals surface area (Å²) in [5.41, 5.74) is 1.05. The maximum Gasteiger partial charge on any atom is 0.149 e. The van der Waals surface area contributed by atoms with E-state index in [1.807, 2.05) is 19.1 Å². The molecule has 1 aromatic rings. The van der Waals surface area contributed by atoms with Gasteiger partial charge in [-0.3, -0.25) is 0 Å². The number of aryl methyl sites for hydroxylation is 1. The van der Waals surface area contributed by atoms with E-state index in [0.29, 0.717) is 6.61 Å². The van der Waals surface area contributed by atoms with Gasteiger partial charge in [0.05, 0.1) is 0 Å². The highest BCUT2D eigenvalue weighted by Gasteiger charge is 1.96. The van der Waals surface area contributed by atoms with Gasteiger partial charge in [-0.05, 0) is 31.5 Å². The highest BCUT2D eigenvalue weighted by atomic mass is 35.5. The fourth-order valence-electron chi connectivity index (χ4n) is 0.855. The van der Waals surface area contributed by atoms with E-state index < -0.39 is 0 Å². The third kappa shape index (κ3) is 3.01. The molecule has 0 aliphatic heterocycles. The minimum Gasteiger partial charge on any atom is -0.481 e. The van der Waals surface area contributed by atoms with Gasteiger partial charge in [-0.25, -0.2) is 0 Å². The third-order valence-corrected chi connectivity index (χ3v) is 2.04. The Labute approximate surface area is 83.7 Å². The zero-order chi connectivity index (χ0) is 9.68. The Bertz CT molecular complexity index is 347. The van der Waals surface area contributed by atoms with Gasteiger partial charge in [0.15, 0.2) is 0 Å². The van der Waals surface area contributed by atoms with Crippen molar-refractivity contribution in [2.45, 2.75) is 13.8 Å². The zero-order valence-corrected chi connectivity index (χ0v) is 8.48. The second-order valence-electron chi connectivity index (χ2n) is 2.63. The molecule has 0 fully saturated rings. The Balaban J connectivity index is 2.66. The van der Waals surface area contributed by atoms with Crippen molar-refractivity contribution in [3.05, 3.63) is 28.8 Å². The summed E-state index contributed by atoms with van der Waals surface area (Å²) in [6.07, 6.45) is 0. The van der Waals surface area contributed by atoms with Crippen LogP contribution >= 0.6 is 11.6 Å². The normalized spacial score (nSPS) is 8.85. The monoisotopic (exact) mass is 194 g/mol. The fraction of sp³-hybridized carbons (Fsp3) is 0.273. The van der Waals surface area contributed by atoms with Crippen LogP contribution in [0.25, 0.3) is 0 Å². The van der Waals surface area contributed by atoms with E-state index in [9.17, 15) is 0 Å². The van der Waals surface area contributed by atoms with Crippen LogP contribution in [0.15, 0.2) is 18.2 Å². The minimum absolute atomic E-state index is 0.413. The van der Waals surface area contributed by atoms with Crippen molar-refractivity contribution in [2.75, 3.05) is 6.61 Å². The fourth-order valence-corrected chi connectivity index (χ4v) is 1.03. The van der Waals surface area contributed by atoms with Gasteiger partial charge in [0.1, 0.15) is 12.4 Å². The second kappa shape index (κ2) is 4.79. The number of hydrogen-bond acceptors (Lipinski definition) is 1. The number of rotatable bonds is 2. The van der Waals surface area contributed by atoms with Crippen LogP contribution in [0.3, 0.4) is 0 Å². The van der Waals surface area contributed by atoms with Gasteiger partial charge >= 0.3 is 0 Å². The second-order valence-corrected chi connectivity index (χ2v) is 3.03. The van der Waals surface area contributed by atoms with Crippen molar-refractivity contribution < 1.29 is 4.74 Å². The van der Waals surface area contributed by atoms with Crippen molar-refractivity contribution in [1.82, 2.24) is 0 Å². The lowest BCUT2D eigenvalue weighted by Crippen LogP contribution is -1.93. The molecule has 2 heteroatoms. The molecule has 0 aromatic heterocycles. The van der Waals surface area contributed by atoms with E-state index in [1.54, 1.807) is 13.0 Å². The van der Waals surface area contributed by atoms with E-state index in [0.717, 1.165) is 16.3 Å². The standard InChI is InChI=1S/C11H11ClO/c1-3-4-7-13-10-6-5-9(2)11(12)8-10/h5-6,8H,7H2,1-2H3. The molecule has 0 heterocycles. The quantitative estimate of drug-likeness (QED) is 0.658. The van der Waals surface area contributed by atoms with Gasteiger partial charge in [-0.15, -0.1) is 5.92 Å². The summed E-state index contributed by atoms with van der Waals surface area (Å²) in [5, 5.41) is 0.724. The first-order valence-corrected chi connectivity index (χ1v) is 4.40. The summed E-state index contributed by atoms with van der Waals surface area (Å²) in [4.78, 5) is 0. The molecule has 0 atom stereocenters. The largest absolute Gasteiger partial charge is 0.481 e. The van der Waals surface area contributed by atoms with Crippen molar-refractivity contribution in [1.29, 1.82) is 0 Å². The minimum atomic E-state index is 0.413. The lowest BCUT2D eigenvalue weighted by molar-refractivity contribution is 0.370. The Hall–Kier alpha value is -1.13. The van der Waals surface area contributed by atoms with Gasteiger partial charge in [0, 0.05) is 5.02 Å². The Kier molecular flexibility index (Phi) is 3.67. The number of hydrogen-bond donors (Lipinski definition) is 0. The van der Waals surface area contributed by atoms with Crippen LogP contribution in [0.4, 0.5) is 0 Å². The molecule has 0 radical (unpaired) electrons. The summed E-state index contributed by atoms with van der Waals surface area (Å²) in [7, 11) is 0. The Morgan fingerprint density at radius 3 is 2.85 bits per heavy atom. The maximum absolute atomic E-state index is 5.91. The molecule has 0 aliphatic rings.